The summed E-state index contributed by atoms with van der Waals surface area (Å²) < 4.78 is 47.4. The molecule has 53 heavy (non-hydrogen) atoms. The second-order valence-corrected chi connectivity index (χ2v) is 17.6. The highest BCUT2D eigenvalue weighted by atomic mass is 79.9. The standard InChI is InChI=1S/C40H54BrF3N4O4S/c41-33-21-29(20-32(37(33)45)40(42,43)44)22-35(39(51)48-17-13-28(14-18-48)19-27-11-15-46-16-12-27)52-36(49)10-6-26-3-1-25(2-4-26)5-7-30-8-9-31-23-53-24-34(31)47-38(30)50/h20-21,23-28,30,35,46H,1-19,22,45H2,(H,47,50)/t25?,26?,30?,35-/m1/s1. The average Bonchev–Trinajstić information content (AvgIpc) is 3.52. The molecule has 8 nitrogen and oxygen atoms in total. The van der Waals surface area contributed by atoms with Crippen molar-refractivity contribution in [1.29, 1.82) is 0 Å². The number of nitrogens with two attached hydrogens (primary N) is 1. The van der Waals surface area contributed by atoms with Gasteiger partial charge < -0.3 is 26.0 Å². The number of ether oxygens (including phenoxy) is 1. The highest BCUT2D eigenvalue weighted by Gasteiger charge is 2.36. The molecule has 1 unspecified atom stereocenters. The number of nitrogens with one attached hydrogen (secondary N) is 2. The summed E-state index contributed by atoms with van der Waals surface area (Å²) in [6.45, 7) is 3.19. The third kappa shape index (κ3) is 11.0. The Morgan fingerprint density at radius 2 is 1.60 bits per heavy atom. The molecule has 1 aromatic carbocycles. The Balaban J connectivity index is 1.00. The number of likely N-dealkylation sites (tertiary alicyclic amines) is 1. The Morgan fingerprint density at radius 1 is 0.925 bits per heavy atom. The Kier molecular flexibility index (Phi) is 13.8. The number of hydrogen-bond acceptors (Lipinski definition) is 7. The van der Waals surface area contributed by atoms with Crippen molar-refractivity contribution in [2.24, 2.45) is 29.6 Å². The lowest BCUT2D eigenvalue weighted by Gasteiger charge is -2.36. The minimum atomic E-state index is -4.67. The summed E-state index contributed by atoms with van der Waals surface area (Å²) in [6.07, 6.45) is 7.82. The molecule has 2 saturated heterocycles. The van der Waals surface area contributed by atoms with Gasteiger partial charge in [0.05, 0.1) is 16.9 Å². The van der Waals surface area contributed by atoms with Gasteiger partial charge in [0.15, 0.2) is 6.10 Å². The Labute approximate surface area is 323 Å². The van der Waals surface area contributed by atoms with Gasteiger partial charge in [-0.3, -0.25) is 14.4 Å². The topological polar surface area (TPSA) is 114 Å². The van der Waals surface area contributed by atoms with Crippen LogP contribution < -0.4 is 16.4 Å². The molecular weight excluding hydrogens is 769 g/mol. The fourth-order valence-corrected chi connectivity index (χ4v) is 10.3. The van der Waals surface area contributed by atoms with Crippen molar-refractivity contribution < 1.29 is 32.3 Å². The van der Waals surface area contributed by atoms with Crippen LogP contribution in [-0.2, 0) is 38.1 Å². The molecule has 4 aliphatic rings. The van der Waals surface area contributed by atoms with E-state index in [9.17, 15) is 27.6 Å². The number of aryl methyl sites for hydroxylation is 1. The number of esters is 1. The number of nitrogens with zero attached hydrogens (tertiary/aromatic N) is 1. The first-order valence-electron chi connectivity index (χ1n) is 19.6. The number of carbonyl (C=O) groups excluding carboxylic acids is 3. The van der Waals surface area contributed by atoms with Gasteiger partial charge in [-0.25, -0.2) is 0 Å². The summed E-state index contributed by atoms with van der Waals surface area (Å²) in [4.78, 5) is 41.8. The molecule has 292 valence electrons. The van der Waals surface area contributed by atoms with Gasteiger partial charge in [-0.15, -0.1) is 11.3 Å². The fourth-order valence-electron chi connectivity index (χ4n) is 8.98. The van der Waals surface area contributed by atoms with Gasteiger partial charge in [-0.1, -0.05) is 25.7 Å². The smallest absolute Gasteiger partial charge is 0.418 e. The van der Waals surface area contributed by atoms with Crippen molar-refractivity contribution in [2.75, 3.05) is 37.2 Å². The second-order valence-electron chi connectivity index (χ2n) is 16.0. The first-order valence-corrected chi connectivity index (χ1v) is 21.4. The lowest BCUT2D eigenvalue weighted by atomic mass is 9.77. The molecule has 4 N–H and O–H groups in total. The highest BCUT2D eigenvalue weighted by Crippen LogP contribution is 2.39. The van der Waals surface area contributed by atoms with Gasteiger partial charge in [0.1, 0.15) is 0 Å². The molecule has 13 heteroatoms. The molecule has 1 aromatic heterocycles. The van der Waals surface area contributed by atoms with E-state index in [1.807, 2.05) is 5.38 Å². The maximum absolute atomic E-state index is 13.9. The number of thiophene rings is 1. The van der Waals surface area contributed by atoms with Crippen LogP contribution in [0.4, 0.5) is 24.5 Å². The van der Waals surface area contributed by atoms with Gasteiger partial charge in [-0.05, 0) is 146 Å². The van der Waals surface area contributed by atoms with Crippen LogP contribution in [0.5, 0.6) is 0 Å². The van der Waals surface area contributed by atoms with Crippen LogP contribution in [0.25, 0.3) is 0 Å². The van der Waals surface area contributed by atoms with Crippen LogP contribution in [0.3, 0.4) is 0 Å². The van der Waals surface area contributed by atoms with Crippen LogP contribution in [0, 0.1) is 29.6 Å². The number of benzene rings is 1. The number of amides is 2. The molecule has 3 aliphatic heterocycles. The number of anilines is 2. The van der Waals surface area contributed by atoms with Crippen molar-refractivity contribution in [3.8, 4) is 0 Å². The van der Waals surface area contributed by atoms with Gasteiger partial charge in [0.2, 0.25) is 5.91 Å². The minimum absolute atomic E-state index is 0.0376. The molecule has 6 rings (SSSR count). The maximum atomic E-state index is 13.9. The normalized spacial score (nSPS) is 23.9. The molecule has 2 atom stereocenters. The minimum Gasteiger partial charge on any atom is -0.452 e. The summed E-state index contributed by atoms with van der Waals surface area (Å²) in [5.41, 5.74) is 6.77. The summed E-state index contributed by atoms with van der Waals surface area (Å²) in [7, 11) is 0. The van der Waals surface area contributed by atoms with Crippen LogP contribution in [-0.4, -0.2) is 55.0 Å². The van der Waals surface area contributed by atoms with Crippen molar-refractivity contribution in [3.05, 3.63) is 44.1 Å². The van der Waals surface area contributed by atoms with Crippen molar-refractivity contribution >= 4 is 56.4 Å². The van der Waals surface area contributed by atoms with E-state index in [4.69, 9.17) is 10.5 Å². The predicted molar refractivity (Wildman–Crippen MR) is 205 cm³/mol. The zero-order valence-corrected chi connectivity index (χ0v) is 32.9. The lowest BCUT2D eigenvalue weighted by molar-refractivity contribution is -0.161. The number of rotatable bonds is 12. The largest absolute Gasteiger partial charge is 0.452 e. The number of fused-ring (bicyclic) bond motifs is 1. The van der Waals surface area contributed by atoms with E-state index in [0.29, 0.717) is 43.2 Å². The first kappa shape index (κ1) is 40.0. The van der Waals surface area contributed by atoms with E-state index in [2.05, 4.69) is 31.9 Å². The number of alkyl halides is 3. The summed E-state index contributed by atoms with van der Waals surface area (Å²) in [6, 6.07) is 2.43. The van der Waals surface area contributed by atoms with Gasteiger partial charge in [0.25, 0.3) is 5.91 Å². The lowest BCUT2D eigenvalue weighted by Crippen LogP contribution is -2.46. The number of halogens is 4. The summed E-state index contributed by atoms with van der Waals surface area (Å²) in [5.74, 6) is 1.49. The first-order chi connectivity index (χ1) is 25.4. The van der Waals surface area contributed by atoms with E-state index in [0.717, 1.165) is 95.5 Å². The van der Waals surface area contributed by atoms with E-state index in [1.54, 1.807) is 16.2 Å². The van der Waals surface area contributed by atoms with Gasteiger partial charge in [-0.2, -0.15) is 13.2 Å². The van der Waals surface area contributed by atoms with Gasteiger partial charge in [0, 0.05) is 41.7 Å². The molecule has 4 heterocycles. The van der Waals surface area contributed by atoms with E-state index < -0.39 is 29.5 Å². The summed E-state index contributed by atoms with van der Waals surface area (Å²) >= 11 is 4.78. The molecular formula is C40H54BrF3N4O4S. The Hall–Kier alpha value is -2.64. The maximum Gasteiger partial charge on any atom is 0.418 e. The van der Waals surface area contributed by atoms with E-state index in [-0.39, 0.29) is 40.6 Å². The molecule has 0 spiro atoms. The third-order valence-electron chi connectivity index (χ3n) is 12.3. The SMILES string of the molecule is Nc1c(Br)cc(C[C@@H](OC(=O)CCC2CCC(CCC3CCc4cscc4NC3=O)CC2)C(=O)N2CCC(CC3CCNCC3)CC2)cc1C(F)(F)F. The van der Waals surface area contributed by atoms with E-state index in [1.165, 1.54) is 24.5 Å². The van der Waals surface area contributed by atoms with Crippen LogP contribution in [0.1, 0.15) is 107 Å². The molecule has 2 aromatic rings. The zero-order chi connectivity index (χ0) is 37.5. The van der Waals surface area contributed by atoms with Crippen molar-refractivity contribution in [1.82, 2.24) is 10.2 Å². The third-order valence-corrected chi connectivity index (χ3v) is 13.7. The summed E-state index contributed by atoms with van der Waals surface area (Å²) in [5, 5.41) is 10.7. The number of nitrogen functional groups attached to an aromatic ring is 1. The Bertz CT molecular complexity index is 1570. The second kappa shape index (κ2) is 18.3. The predicted octanol–water partition coefficient (Wildman–Crippen LogP) is 8.76. The zero-order valence-electron chi connectivity index (χ0n) is 30.5. The molecule has 0 bridgehead atoms. The Morgan fingerprint density at radius 3 is 2.30 bits per heavy atom. The molecule has 1 saturated carbocycles. The number of piperidine rings is 2. The van der Waals surface area contributed by atoms with E-state index >= 15 is 0 Å². The quantitative estimate of drug-likeness (QED) is 0.146. The number of hydrogen-bond donors (Lipinski definition) is 3. The molecule has 2 amide bonds. The molecule has 1 aliphatic carbocycles. The molecule has 3 fully saturated rings. The fraction of sp³-hybridized carbons (Fsp3) is 0.675. The van der Waals surface area contributed by atoms with Crippen molar-refractivity contribution in [3.63, 3.8) is 0 Å². The van der Waals surface area contributed by atoms with Crippen molar-refractivity contribution in [2.45, 2.75) is 115 Å². The number of carbonyl (C=O) groups is 3. The molecule has 0 radical (unpaired) electrons. The van der Waals surface area contributed by atoms with Crippen LogP contribution >= 0.6 is 27.3 Å². The monoisotopic (exact) mass is 822 g/mol. The highest BCUT2D eigenvalue weighted by molar-refractivity contribution is 9.10. The van der Waals surface area contributed by atoms with Gasteiger partial charge >= 0.3 is 12.1 Å². The van der Waals surface area contributed by atoms with Crippen LogP contribution in [0.2, 0.25) is 0 Å². The average molecular weight is 824 g/mol. The van der Waals surface area contributed by atoms with Crippen LogP contribution in [0.15, 0.2) is 27.4 Å².